The molecule has 1 amide bonds. The normalized spacial score (nSPS) is 13.2. The average molecular weight is 334 g/mol. The zero-order valence-electron chi connectivity index (χ0n) is 12.5. The number of carbonyl (C=O) groups excluding carboxylic acids is 1. The van der Waals surface area contributed by atoms with Gasteiger partial charge in [0, 0.05) is 20.3 Å². The van der Waals surface area contributed by atoms with Crippen molar-refractivity contribution in [3.05, 3.63) is 23.5 Å². The highest BCUT2D eigenvalue weighted by Gasteiger charge is 2.27. The van der Waals surface area contributed by atoms with Gasteiger partial charge in [-0.2, -0.15) is 4.72 Å². The Morgan fingerprint density at radius 2 is 2.05 bits per heavy atom. The van der Waals surface area contributed by atoms with Gasteiger partial charge in [0.2, 0.25) is 15.9 Å². The molecule has 0 radical (unpaired) electrons. The molecule has 0 saturated carbocycles. The van der Waals surface area contributed by atoms with E-state index in [-0.39, 0.29) is 21.9 Å². The number of nitrogens with zero attached hydrogens (tertiary/aromatic N) is 2. The standard InChI is InChI=1S/C13H20ClN3O3S/c1-9(2)7-11(13(18)17(3)4)16-21(19,20)10-5-6-15-12(14)8-10/h5-6,8-9,11,16H,7H2,1-4H3. The number of rotatable bonds is 6. The van der Waals surface area contributed by atoms with Crippen LogP contribution in [0.5, 0.6) is 0 Å². The Labute approximate surface area is 130 Å². The Morgan fingerprint density at radius 3 is 2.52 bits per heavy atom. The van der Waals surface area contributed by atoms with Crippen LogP contribution in [-0.2, 0) is 14.8 Å². The minimum absolute atomic E-state index is 0.0113. The van der Waals surface area contributed by atoms with Crippen LogP contribution in [0.2, 0.25) is 5.15 Å². The molecule has 1 unspecified atom stereocenters. The lowest BCUT2D eigenvalue weighted by Gasteiger charge is -2.23. The van der Waals surface area contributed by atoms with Crippen molar-refractivity contribution in [1.82, 2.24) is 14.6 Å². The molecule has 0 aliphatic carbocycles. The molecule has 1 aromatic rings. The van der Waals surface area contributed by atoms with E-state index in [0.717, 1.165) is 0 Å². The smallest absolute Gasteiger partial charge is 0.241 e. The summed E-state index contributed by atoms with van der Waals surface area (Å²) >= 11 is 5.71. The number of pyridine rings is 1. The highest BCUT2D eigenvalue weighted by Crippen LogP contribution is 2.15. The predicted molar refractivity (Wildman–Crippen MR) is 81.5 cm³/mol. The number of nitrogens with one attached hydrogen (secondary N) is 1. The summed E-state index contributed by atoms with van der Waals surface area (Å²) in [5, 5.41) is 0.0808. The van der Waals surface area contributed by atoms with Crippen LogP contribution in [0, 0.1) is 5.92 Å². The first kappa shape index (κ1) is 17.9. The van der Waals surface area contributed by atoms with Gasteiger partial charge in [0.15, 0.2) is 0 Å². The molecule has 1 aromatic heterocycles. The molecule has 0 fully saturated rings. The molecule has 0 aromatic carbocycles. The highest BCUT2D eigenvalue weighted by atomic mass is 35.5. The van der Waals surface area contributed by atoms with E-state index >= 15 is 0 Å². The predicted octanol–water partition coefficient (Wildman–Crippen LogP) is 1.52. The fraction of sp³-hybridized carbons (Fsp3) is 0.538. The fourth-order valence-electron chi connectivity index (χ4n) is 1.79. The second kappa shape index (κ2) is 7.20. The molecule has 8 heteroatoms. The van der Waals surface area contributed by atoms with Gasteiger partial charge in [-0.3, -0.25) is 4.79 Å². The number of hydrogen-bond acceptors (Lipinski definition) is 4. The van der Waals surface area contributed by atoms with Crippen LogP contribution in [0.4, 0.5) is 0 Å². The third-order valence-electron chi connectivity index (χ3n) is 2.75. The topological polar surface area (TPSA) is 79.4 Å². The third kappa shape index (κ3) is 5.26. The van der Waals surface area contributed by atoms with Crippen molar-refractivity contribution >= 4 is 27.5 Å². The third-order valence-corrected chi connectivity index (χ3v) is 4.43. The van der Waals surface area contributed by atoms with Crippen LogP contribution in [0.1, 0.15) is 20.3 Å². The van der Waals surface area contributed by atoms with Crippen LogP contribution in [0.15, 0.2) is 23.2 Å². The summed E-state index contributed by atoms with van der Waals surface area (Å²) in [5.74, 6) is -0.116. The number of amides is 1. The number of halogens is 1. The molecule has 21 heavy (non-hydrogen) atoms. The van der Waals surface area contributed by atoms with Crippen molar-refractivity contribution in [2.45, 2.75) is 31.2 Å². The Kier molecular flexibility index (Phi) is 6.12. The minimum Gasteiger partial charge on any atom is -0.347 e. The van der Waals surface area contributed by atoms with Gasteiger partial charge in [-0.1, -0.05) is 25.4 Å². The summed E-state index contributed by atoms with van der Waals surface area (Å²) in [6.45, 7) is 3.85. The molecule has 0 aliphatic heterocycles. The van der Waals surface area contributed by atoms with E-state index < -0.39 is 16.1 Å². The molecule has 1 heterocycles. The van der Waals surface area contributed by atoms with Crippen molar-refractivity contribution in [1.29, 1.82) is 0 Å². The van der Waals surface area contributed by atoms with Gasteiger partial charge in [-0.05, 0) is 24.5 Å². The van der Waals surface area contributed by atoms with E-state index in [2.05, 4.69) is 9.71 Å². The van der Waals surface area contributed by atoms with Crippen molar-refractivity contribution in [2.24, 2.45) is 5.92 Å². The van der Waals surface area contributed by atoms with Gasteiger partial charge < -0.3 is 4.90 Å². The van der Waals surface area contributed by atoms with E-state index in [1.165, 1.54) is 23.2 Å². The zero-order valence-corrected chi connectivity index (χ0v) is 14.1. The van der Waals surface area contributed by atoms with E-state index in [0.29, 0.717) is 6.42 Å². The maximum atomic E-state index is 12.3. The molecule has 1 atom stereocenters. The lowest BCUT2D eigenvalue weighted by Crippen LogP contribution is -2.46. The Morgan fingerprint density at radius 1 is 1.43 bits per heavy atom. The van der Waals surface area contributed by atoms with Gasteiger partial charge in [-0.15, -0.1) is 0 Å². The van der Waals surface area contributed by atoms with E-state index in [1.807, 2.05) is 13.8 Å². The first-order chi connectivity index (χ1) is 9.63. The van der Waals surface area contributed by atoms with Gasteiger partial charge in [0.05, 0.1) is 4.90 Å². The number of aromatic nitrogens is 1. The van der Waals surface area contributed by atoms with Crippen LogP contribution in [0.25, 0.3) is 0 Å². The molecule has 1 N–H and O–H groups in total. The van der Waals surface area contributed by atoms with Crippen LogP contribution in [0.3, 0.4) is 0 Å². The fourth-order valence-corrected chi connectivity index (χ4v) is 3.24. The maximum Gasteiger partial charge on any atom is 0.241 e. The Balaban J connectivity index is 3.04. The quantitative estimate of drug-likeness (QED) is 0.800. The highest BCUT2D eigenvalue weighted by molar-refractivity contribution is 7.89. The lowest BCUT2D eigenvalue weighted by atomic mass is 10.0. The molecule has 0 aliphatic rings. The van der Waals surface area contributed by atoms with E-state index in [9.17, 15) is 13.2 Å². The van der Waals surface area contributed by atoms with Crippen LogP contribution in [-0.4, -0.2) is 44.3 Å². The Bertz CT molecular complexity index is 602. The summed E-state index contributed by atoms with van der Waals surface area (Å²) in [6, 6.07) is 1.77. The number of carbonyl (C=O) groups is 1. The second-order valence-corrected chi connectivity index (χ2v) is 7.45. The van der Waals surface area contributed by atoms with Crippen molar-refractivity contribution in [3.63, 3.8) is 0 Å². The van der Waals surface area contributed by atoms with Gasteiger partial charge in [-0.25, -0.2) is 13.4 Å². The van der Waals surface area contributed by atoms with Gasteiger partial charge >= 0.3 is 0 Å². The van der Waals surface area contributed by atoms with Gasteiger partial charge in [0.25, 0.3) is 0 Å². The summed E-state index contributed by atoms with van der Waals surface area (Å²) in [7, 11) is -0.647. The monoisotopic (exact) mass is 333 g/mol. The van der Waals surface area contributed by atoms with Crippen molar-refractivity contribution in [2.75, 3.05) is 14.1 Å². The average Bonchev–Trinajstić information content (AvgIpc) is 2.36. The van der Waals surface area contributed by atoms with E-state index in [1.54, 1.807) is 14.1 Å². The van der Waals surface area contributed by atoms with Gasteiger partial charge in [0.1, 0.15) is 11.2 Å². The van der Waals surface area contributed by atoms with Crippen molar-refractivity contribution < 1.29 is 13.2 Å². The largest absolute Gasteiger partial charge is 0.347 e. The summed E-state index contributed by atoms with van der Waals surface area (Å²) in [5.41, 5.74) is 0. The first-order valence-electron chi connectivity index (χ1n) is 6.48. The van der Waals surface area contributed by atoms with Crippen molar-refractivity contribution in [3.8, 4) is 0 Å². The molecular formula is C13H20ClN3O3S. The van der Waals surface area contributed by atoms with E-state index in [4.69, 9.17) is 11.6 Å². The molecular weight excluding hydrogens is 314 g/mol. The first-order valence-corrected chi connectivity index (χ1v) is 8.34. The van der Waals surface area contributed by atoms with Crippen LogP contribution >= 0.6 is 11.6 Å². The molecule has 0 saturated heterocycles. The zero-order chi connectivity index (χ0) is 16.2. The molecule has 6 nitrogen and oxygen atoms in total. The number of hydrogen-bond donors (Lipinski definition) is 1. The molecule has 1 rings (SSSR count). The maximum absolute atomic E-state index is 12.3. The number of sulfonamides is 1. The number of likely N-dealkylation sites (N-methyl/N-ethyl adjacent to an activating group) is 1. The summed E-state index contributed by atoms with van der Waals surface area (Å²) in [6.07, 6.45) is 1.72. The second-order valence-electron chi connectivity index (χ2n) is 5.35. The Hall–Kier alpha value is -1.18. The SMILES string of the molecule is CC(C)CC(NS(=O)(=O)c1ccnc(Cl)c1)C(=O)N(C)C. The summed E-state index contributed by atoms with van der Waals surface area (Å²) < 4.78 is 27.1. The molecule has 118 valence electrons. The summed E-state index contributed by atoms with van der Waals surface area (Å²) in [4.78, 5) is 17.2. The molecule has 0 bridgehead atoms. The minimum atomic E-state index is -3.83. The lowest BCUT2D eigenvalue weighted by molar-refractivity contribution is -0.130. The van der Waals surface area contributed by atoms with Crippen LogP contribution < -0.4 is 4.72 Å². The molecule has 0 spiro atoms.